The van der Waals surface area contributed by atoms with Crippen molar-refractivity contribution >= 4 is 23.4 Å². The minimum absolute atomic E-state index is 0.0953. The van der Waals surface area contributed by atoms with Crippen molar-refractivity contribution in [1.82, 2.24) is 5.43 Å². The van der Waals surface area contributed by atoms with E-state index in [1.165, 1.54) is 0 Å². The number of nitrogens with two attached hydrogens (primary N) is 1. The van der Waals surface area contributed by atoms with E-state index in [0.29, 0.717) is 0 Å². The van der Waals surface area contributed by atoms with Crippen LogP contribution in [0.3, 0.4) is 0 Å². The first-order valence-electron chi connectivity index (χ1n) is 5.28. The van der Waals surface area contributed by atoms with E-state index in [-0.39, 0.29) is 10.8 Å². The lowest BCUT2D eigenvalue weighted by Gasteiger charge is -2.23. The van der Waals surface area contributed by atoms with E-state index in [1.54, 1.807) is 0 Å². The summed E-state index contributed by atoms with van der Waals surface area (Å²) >= 11 is 8.01. The van der Waals surface area contributed by atoms with Crippen molar-refractivity contribution in [2.45, 2.75) is 31.6 Å². The summed E-state index contributed by atoms with van der Waals surface area (Å²) in [5.41, 5.74) is 3.89. The monoisotopic (exact) mass is 258 g/mol. The topological polar surface area (TPSA) is 38.0 Å². The van der Waals surface area contributed by atoms with Gasteiger partial charge in [0.1, 0.15) is 0 Å². The smallest absolute Gasteiger partial charge is 0.0565 e. The van der Waals surface area contributed by atoms with Crippen molar-refractivity contribution in [3.05, 3.63) is 34.9 Å². The summed E-state index contributed by atoms with van der Waals surface area (Å²) < 4.78 is 0.232. The van der Waals surface area contributed by atoms with Crippen molar-refractivity contribution in [3.63, 3.8) is 0 Å². The van der Waals surface area contributed by atoms with Crippen LogP contribution in [-0.2, 0) is 0 Å². The maximum Gasteiger partial charge on any atom is 0.0565 e. The summed E-state index contributed by atoms with van der Waals surface area (Å²) in [5, 5.41) is 0.764. The summed E-state index contributed by atoms with van der Waals surface area (Å²) in [4.78, 5) is 0. The van der Waals surface area contributed by atoms with E-state index in [2.05, 4.69) is 26.2 Å². The number of rotatable bonds is 4. The molecule has 16 heavy (non-hydrogen) atoms. The number of halogens is 1. The Morgan fingerprint density at radius 3 is 2.50 bits per heavy atom. The Morgan fingerprint density at radius 1 is 1.38 bits per heavy atom. The molecule has 1 atom stereocenters. The average molecular weight is 259 g/mol. The van der Waals surface area contributed by atoms with Gasteiger partial charge in [-0.3, -0.25) is 11.3 Å². The molecule has 0 saturated carbocycles. The number of benzene rings is 1. The van der Waals surface area contributed by atoms with Gasteiger partial charge in [-0.25, -0.2) is 0 Å². The molecule has 90 valence electrons. The zero-order valence-corrected chi connectivity index (χ0v) is 11.5. The lowest BCUT2D eigenvalue weighted by atomic mass is 10.1. The van der Waals surface area contributed by atoms with Gasteiger partial charge in [-0.1, -0.05) is 50.6 Å². The number of hydrogen-bond acceptors (Lipinski definition) is 3. The largest absolute Gasteiger partial charge is 0.271 e. The van der Waals surface area contributed by atoms with E-state index >= 15 is 0 Å². The van der Waals surface area contributed by atoms with Crippen LogP contribution in [0.2, 0.25) is 5.02 Å². The highest BCUT2D eigenvalue weighted by Crippen LogP contribution is 2.30. The molecule has 0 aliphatic rings. The standard InChI is InChI=1S/C12H19ClN2S/c1-12(2,3)16-8-11(15-14)9-6-4-5-7-10(9)13/h4-7,11,15H,8,14H2,1-3H3. The molecule has 0 radical (unpaired) electrons. The molecule has 0 aromatic heterocycles. The van der Waals surface area contributed by atoms with Crippen molar-refractivity contribution in [2.24, 2.45) is 5.84 Å². The molecule has 0 fully saturated rings. The van der Waals surface area contributed by atoms with Crippen LogP contribution < -0.4 is 11.3 Å². The van der Waals surface area contributed by atoms with Gasteiger partial charge in [0.05, 0.1) is 6.04 Å². The third-order valence-electron chi connectivity index (χ3n) is 2.16. The van der Waals surface area contributed by atoms with Crippen LogP contribution in [0.25, 0.3) is 0 Å². The molecular weight excluding hydrogens is 240 g/mol. The first-order valence-corrected chi connectivity index (χ1v) is 6.65. The third-order valence-corrected chi connectivity index (χ3v) is 3.88. The summed E-state index contributed by atoms with van der Waals surface area (Å²) in [6, 6.07) is 7.90. The second-order valence-corrected chi connectivity index (χ2v) is 6.92. The fourth-order valence-corrected chi connectivity index (χ4v) is 2.53. The molecule has 1 unspecified atom stereocenters. The van der Waals surface area contributed by atoms with Gasteiger partial charge in [0.2, 0.25) is 0 Å². The Labute approximate surface area is 107 Å². The Hall–Kier alpha value is -0.220. The van der Waals surface area contributed by atoms with E-state index in [9.17, 15) is 0 Å². The second-order valence-electron chi connectivity index (χ2n) is 4.66. The lowest BCUT2D eigenvalue weighted by Crippen LogP contribution is -2.31. The van der Waals surface area contributed by atoms with Gasteiger partial charge in [-0.2, -0.15) is 11.8 Å². The number of hydrazine groups is 1. The predicted octanol–water partition coefficient (Wildman–Crippen LogP) is 3.38. The molecule has 0 aliphatic heterocycles. The zero-order valence-electron chi connectivity index (χ0n) is 9.96. The quantitative estimate of drug-likeness (QED) is 0.642. The second kappa shape index (κ2) is 5.92. The molecule has 0 spiro atoms. The van der Waals surface area contributed by atoms with Gasteiger partial charge in [0.25, 0.3) is 0 Å². The maximum absolute atomic E-state index is 6.14. The minimum Gasteiger partial charge on any atom is -0.271 e. The molecule has 1 aromatic carbocycles. The first-order chi connectivity index (χ1) is 7.44. The molecule has 1 aromatic rings. The van der Waals surface area contributed by atoms with Gasteiger partial charge in [0.15, 0.2) is 0 Å². The molecule has 0 saturated heterocycles. The zero-order chi connectivity index (χ0) is 12.2. The summed E-state index contributed by atoms with van der Waals surface area (Å²) in [5.74, 6) is 6.49. The first kappa shape index (κ1) is 13.8. The van der Waals surface area contributed by atoms with Crippen LogP contribution in [-0.4, -0.2) is 10.5 Å². The average Bonchev–Trinajstić information content (AvgIpc) is 2.20. The highest BCUT2D eigenvalue weighted by Gasteiger charge is 2.17. The highest BCUT2D eigenvalue weighted by atomic mass is 35.5. The number of hydrogen-bond donors (Lipinski definition) is 2. The Bertz CT molecular complexity index is 336. The van der Waals surface area contributed by atoms with Gasteiger partial charge < -0.3 is 0 Å². The fraction of sp³-hybridized carbons (Fsp3) is 0.500. The maximum atomic E-state index is 6.14. The molecule has 0 bridgehead atoms. The summed E-state index contributed by atoms with van der Waals surface area (Å²) in [6.45, 7) is 6.58. The molecular formula is C12H19ClN2S. The van der Waals surface area contributed by atoms with Crippen molar-refractivity contribution < 1.29 is 0 Å². The molecule has 0 heterocycles. The molecule has 0 aliphatic carbocycles. The highest BCUT2D eigenvalue weighted by molar-refractivity contribution is 8.00. The molecule has 1 rings (SSSR count). The van der Waals surface area contributed by atoms with Crippen LogP contribution >= 0.6 is 23.4 Å². The van der Waals surface area contributed by atoms with Crippen molar-refractivity contribution in [3.8, 4) is 0 Å². The van der Waals surface area contributed by atoms with Gasteiger partial charge in [0, 0.05) is 15.5 Å². The lowest BCUT2D eigenvalue weighted by molar-refractivity contribution is 0.608. The van der Waals surface area contributed by atoms with E-state index in [0.717, 1.165) is 16.3 Å². The van der Waals surface area contributed by atoms with E-state index < -0.39 is 0 Å². The van der Waals surface area contributed by atoms with Crippen LogP contribution in [0.1, 0.15) is 32.4 Å². The molecule has 0 amide bonds. The van der Waals surface area contributed by atoms with Crippen LogP contribution in [0.15, 0.2) is 24.3 Å². The van der Waals surface area contributed by atoms with Crippen LogP contribution in [0.4, 0.5) is 0 Å². The normalized spacial score (nSPS) is 13.8. The number of nitrogens with one attached hydrogen (secondary N) is 1. The van der Waals surface area contributed by atoms with Crippen molar-refractivity contribution in [1.29, 1.82) is 0 Å². The summed E-state index contributed by atoms with van der Waals surface area (Å²) in [7, 11) is 0. The Morgan fingerprint density at radius 2 is 2.00 bits per heavy atom. The van der Waals surface area contributed by atoms with Gasteiger partial charge >= 0.3 is 0 Å². The number of thioether (sulfide) groups is 1. The summed E-state index contributed by atoms with van der Waals surface area (Å²) in [6.07, 6.45) is 0. The van der Waals surface area contributed by atoms with E-state index in [1.807, 2.05) is 36.0 Å². The Balaban J connectivity index is 2.72. The SMILES string of the molecule is CC(C)(C)SCC(NN)c1ccccc1Cl. The van der Waals surface area contributed by atoms with Crippen molar-refractivity contribution in [2.75, 3.05) is 5.75 Å². The fourth-order valence-electron chi connectivity index (χ4n) is 1.32. The van der Waals surface area contributed by atoms with Crippen LogP contribution in [0.5, 0.6) is 0 Å². The van der Waals surface area contributed by atoms with Gasteiger partial charge in [-0.05, 0) is 11.6 Å². The molecule has 3 N–H and O–H groups in total. The minimum atomic E-state index is 0.0953. The predicted molar refractivity (Wildman–Crippen MR) is 73.7 cm³/mol. The van der Waals surface area contributed by atoms with Crippen LogP contribution in [0, 0.1) is 0 Å². The van der Waals surface area contributed by atoms with Gasteiger partial charge in [-0.15, -0.1) is 0 Å². The molecule has 2 nitrogen and oxygen atoms in total. The molecule has 4 heteroatoms. The third kappa shape index (κ3) is 4.34. The Kier molecular flexibility index (Phi) is 5.12. The van der Waals surface area contributed by atoms with E-state index in [4.69, 9.17) is 17.4 Å².